The summed E-state index contributed by atoms with van der Waals surface area (Å²) >= 11 is 0. The molecule has 1 aromatic rings. The second-order valence-corrected chi connectivity index (χ2v) is 7.66. The van der Waals surface area contributed by atoms with Crippen LogP contribution in [0.3, 0.4) is 0 Å². The van der Waals surface area contributed by atoms with Gasteiger partial charge in [-0.15, -0.1) is 0 Å². The van der Waals surface area contributed by atoms with Gasteiger partial charge in [0.25, 0.3) is 5.91 Å². The highest BCUT2D eigenvalue weighted by atomic mass is 19.1. The molecule has 1 amide bonds. The fourth-order valence-corrected chi connectivity index (χ4v) is 3.69. The molecule has 28 heavy (non-hydrogen) atoms. The van der Waals surface area contributed by atoms with E-state index < -0.39 is 6.04 Å². The first-order valence-corrected chi connectivity index (χ1v) is 10.9. The SMILES string of the molecule is CCCCCCCCCCCOC(=O)C1CCCN1C(=O)c1ccc(F)cc1. The number of unbranched alkanes of at least 4 members (excludes halogenated alkanes) is 8. The van der Waals surface area contributed by atoms with Crippen LogP contribution in [0.5, 0.6) is 0 Å². The zero-order valence-electron chi connectivity index (χ0n) is 17.1. The lowest BCUT2D eigenvalue weighted by Crippen LogP contribution is -2.41. The van der Waals surface area contributed by atoms with Crippen molar-refractivity contribution in [2.45, 2.75) is 83.6 Å². The standard InChI is InChI=1S/C23H34FNO3/c1-2-3-4-5-6-7-8-9-10-18-28-23(27)21-12-11-17-25(21)22(26)19-13-15-20(24)16-14-19/h13-16,21H,2-12,17-18H2,1H3. The van der Waals surface area contributed by atoms with Crippen LogP contribution < -0.4 is 0 Å². The number of carbonyl (C=O) groups is 2. The van der Waals surface area contributed by atoms with E-state index in [4.69, 9.17) is 4.74 Å². The van der Waals surface area contributed by atoms with Gasteiger partial charge >= 0.3 is 5.97 Å². The van der Waals surface area contributed by atoms with E-state index in [0.717, 1.165) is 19.3 Å². The second-order valence-electron chi connectivity index (χ2n) is 7.66. The van der Waals surface area contributed by atoms with Crippen molar-refractivity contribution in [2.24, 2.45) is 0 Å². The van der Waals surface area contributed by atoms with E-state index in [1.807, 2.05) is 0 Å². The van der Waals surface area contributed by atoms with Crippen molar-refractivity contribution in [1.82, 2.24) is 4.90 Å². The van der Waals surface area contributed by atoms with Crippen LogP contribution in [0.2, 0.25) is 0 Å². The summed E-state index contributed by atoms with van der Waals surface area (Å²) in [6.07, 6.45) is 12.4. The van der Waals surface area contributed by atoms with E-state index in [0.29, 0.717) is 25.1 Å². The topological polar surface area (TPSA) is 46.6 Å². The second kappa shape index (κ2) is 12.5. The third kappa shape index (κ3) is 7.25. The summed E-state index contributed by atoms with van der Waals surface area (Å²) in [5.41, 5.74) is 0.403. The van der Waals surface area contributed by atoms with Gasteiger partial charge in [0.1, 0.15) is 11.9 Å². The summed E-state index contributed by atoms with van der Waals surface area (Å²) in [7, 11) is 0. The van der Waals surface area contributed by atoms with Gasteiger partial charge < -0.3 is 9.64 Å². The Hall–Kier alpha value is -1.91. The van der Waals surface area contributed by atoms with Crippen molar-refractivity contribution >= 4 is 11.9 Å². The monoisotopic (exact) mass is 391 g/mol. The smallest absolute Gasteiger partial charge is 0.328 e. The Balaban J connectivity index is 1.64. The molecule has 2 rings (SSSR count). The molecule has 0 bridgehead atoms. The summed E-state index contributed by atoms with van der Waals surface area (Å²) in [6.45, 7) is 3.18. The summed E-state index contributed by atoms with van der Waals surface area (Å²) < 4.78 is 18.5. The maximum Gasteiger partial charge on any atom is 0.328 e. The molecule has 1 aliphatic heterocycles. The Labute approximate surface area is 168 Å². The van der Waals surface area contributed by atoms with Gasteiger partial charge in [-0.25, -0.2) is 9.18 Å². The predicted molar refractivity (Wildman–Crippen MR) is 109 cm³/mol. The third-order valence-electron chi connectivity index (χ3n) is 5.37. The maximum atomic E-state index is 13.1. The first kappa shape index (κ1) is 22.4. The van der Waals surface area contributed by atoms with Crippen molar-refractivity contribution in [2.75, 3.05) is 13.2 Å². The first-order chi connectivity index (χ1) is 13.6. The summed E-state index contributed by atoms with van der Waals surface area (Å²) in [5.74, 6) is -0.926. The number of nitrogens with zero attached hydrogens (tertiary/aromatic N) is 1. The van der Waals surface area contributed by atoms with Crippen molar-refractivity contribution in [3.05, 3.63) is 35.6 Å². The van der Waals surface area contributed by atoms with Gasteiger partial charge in [-0.2, -0.15) is 0 Å². The first-order valence-electron chi connectivity index (χ1n) is 10.9. The fraction of sp³-hybridized carbons (Fsp3) is 0.652. The molecule has 4 nitrogen and oxygen atoms in total. The summed E-state index contributed by atoms with van der Waals surface area (Å²) in [5, 5.41) is 0. The van der Waals surface area contributed by atoms with Gasteiger partial charge in [-0.1, -0.05) is 58.3 Å². The van der Waals surface area contributed by atoms with Crippen molar-refractivity contribution < 1.29 is 18.7 Å². The van der Waals surface area contributed by atoms with Gasteiger partial charge in [-0.3, -0.25) is 4.79 Å². The quantitative estimate of drug-likeness (QED) is 0.349. The average Bonchev–Trinajstić information content (AvgIpc) is 3.19. The highest BCUT2D eigenvalue weighted by molar-refractivity contribution is 5.97. The van der Waals surface area contributed by atoms with E-state index in [9.17, 15) is 14.0 Å². The molecule has 1 unspecified atom stereocenters. The predicted octanol–water partition coefficient (Wildman–Crippen LogP) is 5.50. The molecule has 1 atom stereocenters. The minimum absolute atomic E-state index is 0.234. The zero-order valence-corrected chi connectivity index (χ0v) is 17.1. The highest BCUT2D eigenvalue weighted by Gasteiger charge is 2.35. The lowest BCUT2D eigenvalue weighted by molar-refractivity contribution is -0.148. The van der Waals surface area contributed by atoms with Crippen LogP contribution in [0.4, 0.5) is 4.39 Å². The van der Waals surface area contributed by atoms with Crippen LogP contribution in [0.15, 0.2) is 24.3 Å². The minimum Gasteiger partial charge on any atom is -0.464 e. The van der Waals surface area contributed by atoms with Crippen LogP contribution in [0.25, 0.3) is 0 Å². The molecule has 156 valence electrons. The molecule has 1 heterocycles. The lowest BCUT2D eigenvalue weighted by Gasteiger charge is -2.23. The normalized spacial score (nSPS) is 16.4. The number of benzene rings is 1. The molecule has 5 heteroatoms. The lowest BCUT2D eigenvalue weighted by atomic mass is 10.1. The van der Waals surface area contributed by atoms with Crippen LogP contribution in [-0.2, 0) is 9.53 Å². The molecule has 1 aliphatic rings. The van der Waals surface area contributed by atoms with E-state index in [-0.39, 0.29) is 17.7 Å². The van der Waals surface area contributed by atoms with Gasteiger partial charge in [0, 0.05) is 12.1 Å². The Morgan fingerprint density at radius 3 is 2.25 bits per heavy atom. The molecular formula is C23H34FNO3. The molecule has 0 saturated carbocycles. The number of amides is 1. The molecule has 0 N–H and O–H groups in total. The number of carbonyl (C=O) groups excluding carboxylic acids is 2. The van der Waals surface area contributed by atoms with Crippen molar-refractivity contribution in [3.63, 3.8) is 0 Å². The molecule has 0 aromatic heterocycles. The van der Waals surface area contributed by atoms with Gasteiger partial charge in [0.15, 0.2) is 0 Å². The third-order valence-corrected chi connectivity index (χ3v) is 5.37. The minimum atomic E-state index is -0.517. The molecule has 0 spiro atoms. The van der Waals surface area contributed by atoms with Gasteiger partial charge in [-0.05, 0) is 43.5 Å². The molecule has 1 fully saturated rings. The molecule has 0 aliphatic carbocycles. The number of rotatable bonds is 12. The Kier molecular flexibility index (Phi) is 10.0. The molecular weight excluding hydrogens is 357 g/mol. The van der Waals surface area contributed by atoms with Crippen LogP contribution in [0, 0.1) is 5.82 Å². The van der Waals surface area contributed by atoms with E-state index in [2.05, 4.69) is 6.92 Å². The number of hydrogen-bond acceptors (Lipinski definition) is 3. The fourth-order valence-electron chi connectivity index (χ4n) is 3.69. The van der Waals surface area contributed by atoms with Gasteiger partial charge in [0.2, 0.25) is 0 Å². The number of esters is 1. The summed E-state index contributed by atoms with van der Waals surface area (Å²) in [6, 6.07) is 4.93. The van der Waals surface area contributed by atoms with Crippen LogP contribution in [-0.4, -0.2) is 36.0 Å². The summed E-state index contributed by atoms with van der Waals surface area (Å²) in [4.78, 5) is 26.6. The Morgan fingerprint density at radius 1 is 1.00 bits per heavy atom. The number of likely N-dealkylation sites (tertiary alicyclic amines) is 1. The zero-order chi connectivity index (χ0) is 20.2. The average molecular weight is 392 g/mol. The van der Waals surface area contributed by atoms with Crippen molar-refractivity contribution in [3.8, 4) is 0 Å². The molecule has 1 aromatic carbocycles. The molecule has 1 saturated heterocycles. The molecule has 0 radical (unpaired) electrons. The van der Waals surface area contributed by atoms with Crippen molar-refractivity contribution in [1.29, 1.82) is 0 Å². The Bertz CT molecular complexity index is 602. The van der Waals surface area contributed by atoms with Crippen LogP contribution in [0.1, 0.15) is 87.9 Å². The highest BCUT2D eigenvalue weighted by Crippen LogP contribution is 2.21. The largest absolute Gasteiger partial charge is 0.464 e. The Morgan fingerprint density at radius 2 is 1.61 bits per heavy atom. The maximum absolute atomic E-state index is 13.1. The number of hydrogen-bond donors (Lipinski definition) is 0. The van der Waals surface area contributed by atoms with Gasteiger partial charge in [0.05, 0.1) is 6.61 Å². The van der Waals surface area contributed by atoms with Crippen LogP contribution >= 0.6 is 0 Å². The van der Waals surface area contributed by atoms with E-state index >= 15 is 0 Å². The number of ether oxygens (including phenoxy) is 1. The van der Waals surface area contributed by atoms with E-state index in [1.165, 1.54) is 69.2 Å². The van der Waals surface area contributed by atoms with E-state index in [1.54, 1.807) is 4.90 Å². The number of halogens is 1.